The minimum atomic E-state index is -3.59. The fourth-order valence-electron chi connectivity index (χ4n) is 4.88. The number of benzene rings is 2. The number of piperidine rings is 1. The average molecular weight is 584 g/mol. The molecule has 2 unspecified atom stereocenters. The predicted molar refractivity (Wildman–Crippen MR) is 145 cm³/mol. The summed E-state index contributed by atoms with van der Waals surface area (Å²) in [5, 5.41) is 13.7. The van der Waals surface area contributed by atoms with E-state index in [1.54, 1.807) is 36.4 Å². The van der Waals surface area contributed by atoms with E-state index in [1.807, 2.05) is 6.92 Å². The zero-order valence-corrected chi connectivity index (χ0v) is 23.8. The monoisotopic (exact) mass is 583 g/mol. The van der Waals surface area contributed by atoms with Gasteiger partial charge in [0.25, 0.3) is 0 Å². The minimum Gasteiger partial charge on any atom is -0.494 e. The van der Waals surface area contributed by atoms with Crippen LogP contribution in [0.25, 0.3) is 0 Å². The normalized spacial score (nSPS) is 20.6. The molecule has 216 valence electrons. The molecule has 39 heavy (non-hydrogen) atoms. The van der Waals surface area contributed by atoms with Crippen molar-refractivity contribution >= 4 is 20.0 Å². The lowest BCUT2D eigenvalue weighted by Crippen LogP contribution is -2.47. The number of hydrogen-bond donors (Lipinski definition) is 3. The van der Waals surface area contributed by atoms with E-state index >= 15 is 0 Å². The summed E-state index contributed by atoms with van der Waals surface area (Å²) in [6.07, 6.45) is 1.10. The number of nitrogens with zero attached hydrogens (tertiary/aromatic N) is 1. The smallest absolute Gasteiger partial charge is 0.243 e. The first-order valence-corrected chi connectivity index (χ1v) is 15.9. The Morgan fingerprint density at radius 3 is 2.44 bits per heavy atom. The van der Waals surface area contributed by atoms with Gasteiger partial charge in [-0.15, -0.1) is 0 Å². The second-order valence-corrected chi connectivity index (χ2v) is 13.6. The Kier molecular flexibility index (Phi) is 9.53. The molecule has 2 saturated heterocycles. The quantitative estimate of drug-likeness (QED) is 0.337. The maximum Gasteiger partial charge on any atom is 0.243 e. The van der Waals surface area contributed by atoms with E-state index < -0.39 is 26.2 Å². The molecular formula is C26H37N3O8S2. The maximum atomic E-state index is 13.1. The molecule has 0 radical (unpaired) electrons. The molecule has 2 aliphatic rings. The van der Waals surface area contributed by atoms with Gasteiger partial charge in [-0.1, -0.05) is 6.07 Å². The predicted octanol–water partition coefficient (Wildman–Crippen LogP) is 1.34. The Hall–Kier alpha value is -2.26. The van der Waals surface area contributed by atoms with E-state index in [1.165, 1.54) is 23.5 Å². The van der Waals surface area contributed by atoms with E-state index in [2.05, 4.69) is 10.0 Å². The van der Waals surface area contributed by atoms with Gasteiger partial charge in [0.05, 0.1) is 28.6 Å². The van der Waals surface area contributed by atoms with Crippen LogP contribution in [0.4, 0.5) is 0 Å². The van der Waals surface area contributed by atoms with Crippen LogP contribution in [-0.4, -0.2) is 90.5 Å². The summed E-state index contributed by atoms with van der Waals surface area (Å²) >= 11 is 0. The molecule has 2 aliphatic heterocycles. The van der Waals surface area contributed by atoms with Crippen molar-refractivity contribution in [1.82, 2.24) is 14.3 Å². The number of sulfonamides is 2. The first-order valence-electron chi connectivity index (χ1n) is 13.0. The van der Waals surface area contributed by atoms with Gasteiger partial charge in [0.15, 0.2) is 0 Å². The van der Waals surface area contributed by atoms with E-state index in [0.717, 1.165) is 6.42 Å². The number of nitrogens with one attached hydrogen (secondary N) is 2. The highest BCUT2D eigenvalue weighted by Gasteiger charge is 2.44. The second kappa shape index (κ2) is 12.5. The molecule has 4 rings (SSSR count). The maximum absolute atomic E-state index is 13.1. The van der Waals surface area contributed by atoms with Gasteiger partial charge in [-0.2, -0.15) is 4.31 Å². The molecule has 2 heterocycles. The number of aliphatic hydroxyl groups is 1. The Bertz CT molecular complexity index is 1310. The lowest BCUT2D eigenvalue weighted by atomic mass is 9.88. The summed E-state index contributed by atoms with van der Waals surface area (Å²) in [4.78, 5) is 0.335. The Labute approximate surface area is 230 Å². The molecule has 3 N–H and O–H groups in total. The van der Waals surface area contributed by atoms with E-state index in [-0.39, 0.29) is 34.6 Å². The number of rotatable bonds is 12. The lowest BCUT2D eigenvalue weighted by molar-refractivity contribution is -0.0312. The summed E-state index contributed by atoms with van der Waals surface area (Å²) in [5.74, 6) is 0.985. The highest BCUT2D eigenvalue weighted by Crippen LogP contribution is 2.37. The summed E-state index contributed by atoms with van der Waals surface area (Å²) in [5.41, 5.74) is -0.386. The van der Waals surface area contributed by atoms with Crippen LogP contribution in [0.5, 0.6) is 11.5 Å². The van der Waals surface area contributed by atoms with Crippen molar-refractivity contribution < 1.29 is 36.2 Å². The molecular weight excluding hydrogens is 546 g/mol. The van der Waals surface area contributed by atoms with Crippen molar-refractivity contribution in [2.75, 3.05) is 46.5 Å². The van der Waals surface area contributed by atoms with Gasteiger partial charge in [-0.3, -0.25) is 0 Å². The molecule has 0 aromatic heterocycles. The van der Waals surface area contributed by atoms with Gasteiger partial charge >= 0.3 is 0 Å². The van der Waals surface area contributed by atoms with E-state index in [4.69, 9.17) is 14.2 Å². The van der Waals surface area contributed by atoms with Crippen LogP contribution >= 0.6 is 0 Å². The molecule has 0 saturated carbocycles. The van der Waals surface area contributed by atoms with Gasteiger partial charge in [0.1, 0.15) is 24.2 Å². The third-order valence-electron chi connectivity index (χ3n) is 7.08. The fourth-order valence-corrected chi connectivity index (χ4v) is 7.09. The van der Waals surface area contributed by atoms with Gasteiger partial charge in [-0.05, 0) is 69.6 Å². The number of aliphatic hydroxyl groups excluding tert-OH is 1. The molecule has 11 nitrogen and oxygen atoms in total. The molecule has 2 atom stereocenters. The zero-order chi connectivity index (χ0) is 28.1. The minimum absolute atomic E-state index is 0.00680. The summed E-state index contributed by atoms with van der Waals surface area (Å²) < 4.78 is 71.0. The Morgan fingerprint density at radius 2 is 1.77 bits per heavy atom. The summed E-state index contributed by atoms with van der Waals surface area (Å²) in [6, 6.07) is 12.6. The lowest BCUT2D eigenvalue weighted by Gasteiger charge is -2.38. The molecule has 0 aliphatic carbocycles. The third kappa shape index (κ3) is 7.28. The van der Waals surface area contributed by atoms with Crippen LogP contribution in [0.2, 0.25) is 0 Å². The van der Waals surface area contributed by atoms with Gasteiger partial charge in [0, 0.05) is 31.7 Å². The first kappa shape index (κ1) is 29.7. The molecule has 0 amide bonds. The van der Waals surface area contributed by atoms with Crippen molar-refractivity contribution in [3.63, 3.8) is 0 Å². The van der Waals surface area contributed by atoms with Crippen molar-refractivity contribution in [1.29, 1.82) is 0 Å². The number of ether oxygens (including phenoxy) is 3. The fraction of sp³-hybridized carbons (Fsp3) is 0.538. The van der Waals surface area contributed by atoms with Crippen molar-refractivity contribution in [2.24, 2.45) is 0 Å². The molecule has 0 bridgehead atoms. The third-order valence-corrected chi connectivity index (χ3v) is 10.4. The molecule has 2 aromatic rings. The van der Waals surface area contributed by atoms with Crippen LogP contribution in [0, 0.1) is 0 Å². The standard InChI is InChI=1S/C26H37N3O8S2/c1-3-35-22-7-9-24(10-8-22)39(33,34)29-13-11-26(12-14-29)16-20(18-37-26)28-17-21(30)19-36-23-5-4-6-25(15-23)38(31,32)27-2/h4-10,15,20-21,27-28,30H,3,11-14,16-19H2,1-2H3. The van der Waals surface area contributed by atoms with E-state index in [9.17, 15) is 21.9 Å². The molecule has 2 fully saturated rings. The number of hydrogen-bond acceptors (Lipinski definition) is 9. The summed E-state index contributed by atoms with van der Waals surface area (Å²) in [7, 11) is -5.84. The van der Waals surface area contributed by atoms with Gasteiger partial charge < -0.3 is 24.6 Å². The Balaban J connectivity index is 1.22. The van der Waals surface area contributed by atoms with E-state index in [0.29, 0.717) is 50.6 Å². The van der Waals surface area contributed by atoms with Gasteiger partial charge in [0.2, 0.25) is 20.0 Å². The highest BCUT2D eigenvalue weighted by molar-refractivity contribution is 7.89. The largest absolute Gasteiger partial charge is 0.494 e. The molecule has 1 spiro atoms. The van der Waals surface area contributed by atoms with Crippen LogP contribution < -0.4 is 19.5 Å². The highest BCUT2D eigenvalue weighted by atomic mass is 32.2. The SMILES string of the molecule is CCOc1ccc(S(=O)(=O)N2CCC3(CC2)CC(NCC(O)COc2cccc(S(=O)(=O)NC)c2)CO3)cc1. The molecule has 13 heteroatoms. The Morgan fingerprint density at radius 1 is 1.05 bits per heavy atom. The van der Waals surface area contributed by atoms with Crippen molar-refractivity contribution in [3.8, 4) is 11.5 Å². The van der Waals surface area contributed by atoms with Crippen molar-refractivity contribution in [3.05, 3.63) is 48.5 Å². The van der Waals surface area contributed by atoms with Crippen LogP contribution in [-0.2, 0) is 24.8 Å². The van der Waals surface area contributed by atoms with Crippen LogP contribution in [0.15, 0.2) is 58.3 Å². The van der Waals surface area contributed by atoms with Crippen LogP contribution in [0.1, 0.15) is 26.2 Å². The zero-order valence-electron chi connectivity index (χ0n) is 22.2. The summed E-state index contributed by atoms with van der Waals surface area (Å²) in [6.45, 7) is 3.89. The second-order valence-electron chi connectivity index (χ2n) is 9.76. The topological polar surface area (TPSA) is 144 Å². The van der Waals surface area contributed by atoms with Crippen LogP contribution in [0.3, 0.4) is 0 Å². The first-order chi connectivity index (χ1) is 18.6. The van der Waals surface area contributed by atoms with Crippen molar-refractivity contribution in [2.45, 2.75) is 53.7 Å². The van der Waals surface area contributed by atoms with Gasteiger partial charge in [-0.25, -0.2) is 21.6 Å². The average Bonchev–Trinajstić information content (AvgIpc) is 3.33. The molecule has 2 aromatic carbocycles.